The summed E-state index contributed by atoms with van der Waals surface area (Å²) in [5, 5.41) is 18.1. The Balaban J connectivity index is 1.34. The number of amides is 1. The largest absolute Gasteiger partial charge is 0.386 e. The molecule has 1 aliphatic heterocycles. The van der Waals surface area contributed by atoms with Crippen molar-refractivity contribution in [3.05, 3.63) is 47.5 Å². The van der Waals surface area contributed by atoms with Gasteiger partial charge in [-0.3, -0.25) is 9.69 Å². The minimum Gasteiger partial charge on any atom is -0.386 e. The highest BCUT2D eigenvalue weighted by molar-refractivity contribution is 5.92. The molecule has 0 radical (unpaired) electrons. The monoisotopic (exact) mass is 387 g/mol. The number of carbonyl (C=O) groups excluding carboxylic acids is 1. The van der Waals surface area contributed by atoms with Gasteiger partial charge in [-0.1, -0.05) is 36.3 Å². The molecule has 1 atom stereocenters. The number of benzene rings is 1. The predicted octanol–water partition coefficient (Wildman–Crippen LogP) is 1.85. The molecule has 0 spiro atoms. The molecule has 1 N–H and O–H groups in total. The normalized spacial score (nSPS) is 19.9. The number of halogens is 1. The minimum atomic E-state index is -1.05. The lowest BCUT2D eigenvalue weighted by atomic mass is 10.1. The molecule has 1 unspecified atom stereocenters. The van der Waals surface area contributed by atoms with Crippen molar-refractivity contribution >= 4 is 5.91 Å². The molecule has 28 heavy (non-hydrogen) atoms. The zero-order valence-corrected chi connectivity index (χ0v) is 15.9. The van der Waals surface area contributed by atoms with Crippen molar-refractivity contribution in [1.29, 1.82) is 0 Å². The van der Waals surface area contributed by atoms with Crippen molar-refractivity contribution < 1.29 is 14.3 Å². The molecule has 1 amide bonds. The zero-order chi connectivity index (χ0) is 19.5. The van der Waals surface area contributed by atoms with Gasteiger partial charge in [-0.15, -0.1) is 5.10 Å². The number of piperazine rings is 1. The van der Waals surface area contributed by atoms with Gasteiger partial charge in [0.05, 0.1) is 12.7 Å². The highest BCUT2D eigenvalue weighted by atomic mass is 19.1. The summed E-state index contributed by atoms with van der Waals surface area (Å²) in [5.74, 6) is -0.607. The molecule has 1 aliphatic carbocycles. The van der Waals surface area contributed by atoms with Crippen LogP contribution in [0.2, 0.25) is 0 Å². The lowest BCUT2D eigenvalue weighted by Gasteiger charge is -2.37. The molecule has 1 saturated heterocycles. The molecule has 2 aliphatic rings. The van der Waals surface area contributed by atoms with Gasteiger partial charge in [0.2, 0.25) is 0 Å². The van der Waals surface area contributed by atoms with Gasteiger partial charge in [0.1, 0.15) is 11.9 Å². The first kappa shape index (κ1) is 19.0. The Morgan fingerprint density at radius 3 is 2.61 bits per heavy atom. The summed E-state index contributed by atoms with van der Waals surface area (Å²) < 4.78 is 15.2. The standard InChI is InChI=1S/C20H26FN5O2/c21-17-8-4-3-7-16(17)19(27)14-26-13-18(22-23-26)20(28)25-11-9-24(10-12-25)15-5-1-2-6-15/h3-4,7-8,13,15,19,27H,1-2,5-6,9-12,14H2. The number of rotatable bonds is 5. The van der Waals surface area contributed by atoms with Crippen molar-refractivity contribution in [2.45, 2.75) is 44.4 Å². The molecule has 7 nitrogen and oxygen atoms in total. The number of aromatic nitrogens is 3. The lowest BCUT2D eigenvalue weighted by Crippen LogP contribution is -2.51. The van der Waals surface area contributed by atoms with Gasteiger partial charge in [0.25, 0.3) is 5.91 Å². The first-order valence-corrected chi connectivity index (χ1v) is 9.98. The van der Waals surface area contributed by atoms with Crippen LogP contribution >= 0.6 is 0 Å². The molecule has 150 valence electrons. The average molecular weight is 387 g/mol. The van der Waals surface area contributed by atoms with E-state index in [1.165, 1.54) is 48.7 Å². The van der Waals surface area contributed by atoms with E-state index in [0.717, 1.165) is 13.1 Å². The fourth-order valence-electron chi connectivity index (χ4n) is 4.23. The Hall–Kier alpha value is -2.32. The van der Waals surface area contributed by atoms with E-state index in [1.807, 2.05) is 4.90 Å². The Kier molecular flexibility index (Phi) is 5.68. The minimum absolute atomic E-state index is 0.0384. The Morgan fingerprint density at radius 2 is 1.89 bits per heavy atom. The maximum absolute atomic E-state index is 13.8. The summed E-state index contributed by atoms with van der Waals surface area (Å²) >= 11 is 0. The summed E-state index contributed by atoms with van der Waals surface area (Å²) in [7, 11) is 0. The highest BCUT2D eigenvalue weighted by Gasteiger charge is 2.29. The van der Waals surface area contributed by atoms with Crippen LogP contribution in [0.25, 0.3) is 0 Å². The summed E-state index contributed by atoms with van der Waals surface area (Å²) in [4.78, 5) is 17.0. The van der Waals surface area contributed by atoms with E-state index in [0.29, 0.717) is 19.1 Å². The van der Waals surface area contributed by atoms with Crippen LogP contribution in [0.4, 0.5) is 4.39 Å². The van der Waals surface area contributed by atoms with Gasteiger partial charge < -0.3 is 10.0 Å². The number of hydrogen-bond acceptors (Lipinski definition) is 5. The fourth-order valence-corrected chi connectivity index (χ4v) is 4.23. The molecule has 2 fully saturated rings. The van der Waals surface area contributed by atoms with Crippen molar-refractivity contribution in [2.75, 3.05) is 26.2 Å². The number of nitrogens with zero attached hydrogens (tertiary/aromatic N) is 5. The molecule has 4 rings (SSSR count). The number of hydrogen-bond donors (Lipinski definition) is 1. The van der Waals surface area contributed by atoms with E-state index in [4.69, 9.17) is 0 Å². The quantitative estimate of drug-likeness (QED) is 0.848. The van der Waals surface area contributed by atoms with Crippen molar-refractivity contribution in [3.8, 4) is 0 Å². The second kappa shape index (κ2) is 8.36. The van der Waals surface area contributed by atoms with Crippen LogP contribution in [-0.2, 0) is 6.54 Å². The molecule has 1 aromatic heterocycles. The second-order valence-electron chi connectivity index (χ2n) is 7.63. The van der Waals surface area contributed by atoms with E-state index in [9.17, 15) is 14.3 Å². The molecule has 2 aromatic rings. The molecule has 2 heterocycles. The number of aliphatic hydroxyl groups excluding tert-OH is 1. The van der Waals surface area contributed by atoms with Gasteiger partial charge >= 0.3 is 0 Å². The molecular weight excluding hydrogens is 361 g/mol. The maximum Gasteiger partial charge on any atom is 0.276 e. The smallest absolute Gasteiger partial charge is 0.276 e. The molecule has 1 aromatic carbocycles. The maximum atomic E-state index is 13.8. The number of aliphatic hydroxyl groups is 1. The average Bonchev–Trinajstić information content (AvgIpc) is 3.40. The molecule has 1 saturated carbocycles. The topological polar surface area (TPSA) is 74.5 Å². The molecule has 0 bridgehead atoms. The van der Waals surface area contributed by atoms with Gasteiger partial charge in [-0.25, -0.2) is 9.07 Å². The Bertz CT molecular complexity index is 812. The third-order valence-corrected chi connectivity index (χ3v) is 5.82. The third kappa shape index (κ3) is 4.07. The lowest BCUT2D eigenvalue weighted by molar-refractivity contribution is 0.0567. The van der Waals surface area contributed by atoms with Crippen molar-refractivity contribution in [2.24, 2.45) is 0 Å². The van der Waals surface area contributed by atoms with Gasteiger partial charge in [-0.2, -0.15) is 0 Å². The highest BCUT2D eigenvalue weighted by Crippen LogP contribution is 2.24. The SMILES string of the molecule is O=C(c1cn(CC(O)c2ccccc2F)nn1)N1CCN(C2CCCC2)CC1. The summed E-state index contributed by atoms with van der Waals surface area (Å²) in [6, 6.07) is 6.76. The zero-order valence-electron chi connectivity index (χ0n) is 15.9. The summed E-state index contributed by atoms with van der Waals surface area (Å²) in [6.45, 7) is 3.23. The van der Waals surface area contributed by atoms with Gasteiger partial charge in [0.15, 0.2) is 5.69 Å². The van der Waals surface area contributed by atoms with Crippen molar-refractivity contribution in [1.82, 2.24) is 24.8 Å². The van der Waals surface area contributed by atoms with E-state index in [-0.39, 0.29) is 23.7 Å². The fraction of sp³-hybridized carbons (Fsp3) is 0.550. The van der Waals surface area contributed by atoms with Crippen LogP contribution in [0.5, 0.6) is 0 Å². The first-order valence-electron chi connectivity index (χ1n) is 9.98. The first-order chi connectivity index (χ1) is 13.6. The summed E-state index contributed by atoms with van der Waals surface area (Å²) in [6.07, 6.45) is 5.63. The Morgan fingerprint density at radius 1 is 1.18 bits per heavy atom. The van der Waals surface area contributed by atoms with E-state index >= 15 is 0 Å². The molecular formula is C20H26FN5O2. The predicted molar refractivity (Wildman–Crippen MR) is 101 cm³/mol. The van der Waals surface area contributed by atoms with Crippen LogP contribution in [-0.4, -0.2) is 68.0 Å². The second-order valence-corrected chi connectivity index (χ2v) is 7.63. The van der Waals surface area contributed by atoms with Gasteiger partial charge in [0, 0.05) is 37.8 Å². The van der Waals surface area contributed by atoms with E-state index in [2.05, 4.69) is 15.2 Å². The van der Waals surface area contributed by atoms with Crippen LogP contribution in [0.15, 0.2) is 30.5 Å². The summed E-state index contributed by atoms with van der Waals surface area (Å²) in [5.41, 5.74) is 0.462. The molecule has 8 heteroatoms. The van der Waals surface area contributed by atoms with Gasteiger partial charge in [-0.05, 0) is 18.9 Å². The van der Waals surface area contributed by atoms with Crippen molar-refractivity contribution in [3.63, 3.8) is 0 Å². The van der Waals surface area contributed by atoms with Crippen LogP contribution in [0.1, 0.15) is 47.8 Å². The number of carbonyl (C=O) groups is 1. The van der Waals surface area contributed by atoms with Crippen LogP contribution < -0.4 is 0 Å². The van der Waals surface area contributed by atoms with Crippen LogP contribution in [0.3, 0.4) is 0 Å². The Labute approximate surface area is 163 Å². The van der Waals surface area contributed by atoms with E-state index < -0.39 is 11.9 Å². The third-order valence-electron chi connectivity index (χ3n) is 5.82. The van der Waals surface area contributed by atoms with E-state index in [1.54, 1.807) is 12.1 Å². The van der Waals surface area contributed by atoms with Crippen LogP contribution in [0, 0.1) is 5.82 Å².